The number of carbonyl (C=O) groups excluding carboxylic acids is 1. The van der Waals surface area contributed by atoms with E-state index in [1.165, 1.54) is 6.42 Å². The van der Waals surface area contributed by atoms with Gasteiger partial charge in [-0.2, -0.15) is 0 Å². The zero-order valence-electron chi connectivity index (χ0n) is 19.2. The van der Waals surface area contributed by atoms with Crippen molar-refractivity contribution in [3.63, 3.8) is 0 Å². The molecule has 28 heavy (non-hydrogen) atoms. The molecular weight excluding hydrogens is 465 g/mol. The monoisotopic (exact) mass is 509 g/mol. The summed E-state index contributed by atoms with van der Waals surface area (Å²) in [4.78, 5) is 21.0. The first-order valence-corrected chi connectivity index (χ1v) is 10.6. The van der Waals surface area contributed by atoms with Gasteiger partial charge < -0.3 is 15.5 Å². The fourth-order valence-corrected chi connectivity index (χ4v) is 3.41. The number of guanidine groups is 1. The van der Waals surface area contributed by atoms with Gasteiger partial charge in [-0.1, -0.05) is 20.8 Å². The molecule has 166 valence electrons. The summed E-state index contributed by atoms with van der Waals surface area (Å²) in [5.41, 5.74) is 0.363. The van der Waals surface area contributed by atoms with E-state index in [2.05, 4.69) is 50.2 Å². The minimum Gasteiger partial charge on any atom is -0.357 e. The average molecular weight is 510 g/mol. The number of rotatable bonds is 9. The number of likely N-dealkylation sites (tertiary alicyclic amines) is 1. The van der Waals surface area contributed by atoms with Crippen LogP contribution in [0.25, 0.3) is 0 Å². The number of likely N-dealkylation sites (N-methyl/N-ethyl adjacent to an activating group) is 1. The fourth-order valence-electron chi connectivity index (χ4n) is 3.41. The molecule has 0 aromatic rings. The SMILES string of the molecule is CCNC(=NCCCN1CCCC1C(=O)N(C)C)NC(C)CCC(C)(C)C.I. The summed E-state index contributed by atoms with van der Waals surface area (Å²) >= 11 is 0. The summed E-state index contributed by atoms with van der Waals surface area (Å²) in [7, 11) is 3.69. The van der Waals surface area contributed by atoms with E-state index in [9.17, 15) is 4.79 Å². The molecule has 6 nitrogen and oxygen atoms in total. The highest BCUT2D eigenvalue weighted by molar-refractivity contribution is 14.0. The van der Waals surface area contributed by atoms with Crippen molar-refractivity contribution < 1.29 is 4.79 Å². The Labute approximate surface area is 190 Å². The van der Waals surface area contributed by atoms with E-state index < -0.39 is 0 Å². The summed E-state index contributed by atoms with van der Waals surface area (Å²) < 4.78 is 0. The predicted octanol–water partition coefficient (Wildman–Crippen LogP) is 3.32. The van der Waals surface area contributed by atoms with Crippen LogP contribution in [-0.2, 0) is 4.79 Å². The van der Waals surface area contributed by atoms with Crippen molar-refractivity contribution >= 4 is 35.8 Å². The second-order valence-corrected chi connectivity index (χ2v) is 9.19. The predicted molar refractivity (Wildman–Crippen MR) is 131 cm³/mol. The lowest BCUT2D eigenvalue weighted by Crippen LogP contribution is -2.43. The van der Waals surface area contributed by atoms with Crippen molar-refractivity contribution in [3.05, 3.63) is 0 Å². The van der Waals surface area contributed by atoms with Crippen LogP contribution in [0, 0.1) is 5.41 Å². The molecular formula is C21H44IN5O. The van der Waals surface area contributed by atoms with Crippen LogP contribution < -0.4 is 10.6 Å². The minimum atomic E-state index is 0. The molecule has 0 saturated carbocycles. The minimum absolute atomic E-state index is 0. The highest BCUT2D eigenvalue weighted by Gasteiger charge is 2.30. The Morgan fingerprint density at radius 2 is 2.00 bits per heavy atom. The van der Waals surface area contributed by atoms with Gasteiger partial charge in [0.2, 0.25) is 5.91 Å². The number of amides is 1. The summed E-state index contributed by atoms with van der Waals surface area (Å²) in [6, 6.07) is 0.468. The Morgan fingerprint density at radius 1 is 1.32 bits per heavy atom. The average Bonchev–Trinajstić information content (AvgIpc) is 3.04. The van der Waals surface area contributed by atoms with Crippen molar-refractivity contribution in [1.82, 2.24) is 20.4 Å². The number of hydrogen-bond donors (Lipinski definition) is 2. The molecule has 1 fully saturated rings. The molecule has 2 unspecified atom stereocenters. The van der Waals surface area contributed by atoms with Crippen LogP contribution in [0.5, 0.6) is 0 Å². The largest absolute Gasteiger partial charge is 0.357 e. The molecule has 7 heteroatoms. The zero-order valence-corrected chi connectivity index (χ0v) is 21.5. The van der Waals surface area contributed by atoms with Crippen molar-refractivity contribution in [2.75, 3.05) is 40.3 Å². The topological polar surface area (TPSA) is 60.0 Å². The molecule has 1 aliphatic rings. The normalized spacial score (nSPS) is 19.1. The number of carbonyl (C=O) groups is 1. The second-order valence-electron chi connectivity index (χ2n) is 9.19. The van der Waals surface area contributed by atoms with Gasteiger partial charge >= 0.3 is 0 Å². The standard InChI is InChI=1S/C21H43N5O.HI/c1-8-22-20(24-17(2)12-13-21(3,4)5)23-14-10-16-26-15-9-11-18(26)19(27)25(6)7;/h17-18H,8-16H2,1-7H3,(H2,22,23,24);1H. The van der Waals surface area contributed by atoms with E-state index >= 15 is 0 Å². The highest BCUT2D eigenvalue weighted by Crippen LogP contribution is 2.21. The molecule has 1 rings (SSSR count). The molecule has 0 aromatic carbocycles. The Bertz CT molecular complexity index is 476. The van der Waals surface area contributed by atoms with Crippen LogP contribution >= 0.6 is 24.0 Å². The van der Waals surface area contributed by atoms with Gasteiger partial charge in [0.05, 0.1) is 6.04 Å². The van der Waals surface area contributed by atoms with E-state index in [4.69, 9.17) is 4.99 Å². The molecule has 0 aliphatic carbocycles. The number of nitrogens with zero attached hydrogens (tertiary/aromatic N) is 3. The molecule has 1 saturated heterocycles. The van der Waals surface area contributed by atoms with Gasteiger partial charge in [0.25, 0.3) is 0 Å². The van der Waals surface area contributed by atoms with Gasteiger partial charge in [-0.05, 0) is 57.9 Å². The number of hydrogen-bond acceptors (Lipinski definition) is 3. The van der Waals surface area contributed by atoms with Crippen molar-refractivity contribution in [1.29, 1.82) is 0 Å². The Kier molecular flexibility index (Phi) is 13.3. The number of aliphatic imine (C=N–C) groups is 1. The molecule has 0 bridgehead atoms. The number of nitrogens with one attached hydrogen (secondary N) is 2. The van der Waals surface area contributed by atoms with Gasteiger partial charge in [0.15, 0.2) is 5.96 Å². The quantitative estimate of drug-likeness (QED) is 0.217. The summed E-state index contributed by atoms with van der Waals surface area (Å²) in [5.74, 6) is 1.14. The highest BCUT2D eigenvalue weighted by atomic mass is 127. The lowest BCUT2D eigenvalue weighted by Gasteiger charge is -2.26. The molecule has 1 aliphatic heterocycles. The maximum atomic E-state index is 12.3. The third-order valence-electron chi connectivity index (χ3n) is 5.02. The van der Waals surface area contributed by atoms with Gasteiger partial charge in [-0.25, -0.2) is 0 Å². The Morgan fingerprint density at radius 3 is 2.57 bits per heavy atom. The van der Waals surface area contributed by atoms with E-state index in [0.29, 0.717) is 11.5 Å². The van der Waals surface area contributed by atoms with E-state index in [-0.39, 0.29) is 35.9 Å². The maximum absolute atomic E-state index is 12.3. The molecule has 0 spiro atoms. The van der Waals surface area contributed by atoms with Crippen molar-refractivity contribution in [3.8, 4) is 0 Å². The van der Waals surface area contributed by atoms with Gasteiger partial charge in [-0.3, -0.25) is 14.7 Å². The van der Waals surface area contributed by atoms with Crippen LogP contribution in [0.2, 0.25) is 0 Å². The summed E-state index contributed by atoms with van der Waals surface area (Å²) in [6.45, 7) is 14.8. The summed E-state index contributed by atoms with van der Waals surface area (Å²) in [5, 5.41) is 6.87. The van der Waals surface area contributed by atoms with Gasteiger partial charge in [0.1, 0.15) is 0 Å². The zero-order chi connectivity index (χ0) is 20.4. The smallest absolute Gasteiger partial charge is 0.239 e. The second kappa shape index (κ2) is 13.6. The maximum Gasteiger partial charge on any atom is 0.239 e. The molecule has 2 N–H and O–H groups in total. The lowest BCUT2D eigenvalue weighted by molar-refractivity contribution is -0.133. The van der Waals surface area contributed by atoms with Crippen LogP contribution in [0.1, 0.15) is 66.7 Å². The molecule has 0 radical (unpaired) electrons. The van der Waals surface area contributed by atoms with Crippen molar-refractivity contribution in [2.24, 2.45) is 10.4 Å². The Hall–Kier alpha value is -0.570. The van der Waals surface area contributed by atoms with Crippen LogP contribution in [-0.4, -0.2) is 74.0 Å². The fraction of sp³-hybridized carbons (Fsp3) is 0.905. The first-order valence-electron chi connectivity index (χ1n) is 10.6. The van der Waals surface area contributed by atoms with E-state index in [0.717, 1.165) is 57.8 Å². The van der Waals surface area contributed by atoms with E-state index in [1.807, 2.05) is 14.1 Å². The Balaban J connectivity index is 0.00000729. The molecule has 1 heterocycles. The third-order valence-corrected chi connectivity index (χ3v) is 5.02. The molecule has 2 atom stereocenters. The van der Waals surface area contributed by atoms with Crippen LogP contribution in [0.4, 0.5) is 0 Å². The first kappa shape index (κ1) is 27.4. The number of halogens is 1. The van der Waals surface area contributed by atoms with Crippen molar-refractivity contribution in [2.45, 2.75) is 78.8 Å². The van der Waals surface area contributed by atoms with Crippen LogP contribution in [0.3, 0.4) is 0 Å². The molecule has 1 amide bonds. The van der Waals surface area contributed by atoms with Gasteiger partial charge in [0, 0.05) is 39.8 Å². The van der Waals surface area contributed by atoms with Crippen LogP contribution in [0.15, 0.2) is 4.99 Å². The first-order chi connectivity index (χ1) is 12.6. The van der Waals surface area contributed by atoms with Gasteiger partial charge in [-0.15, -0.1) is 24.0 Å². The third kappa shape index (κ3) is 10.8. The van der Waals surface area contributed by atoms with E-state index in [1.54, 1.807) is 4.90 Å². The summed E-state index contributed by atoms with van der Waals surface area (Å²) in [6.07, 6.45) is 5.40. The molecule has 0 aromatic heterocycles. The lowest BCUT2D eigenvalue weighted by atomic mass is 9.89.